The number of benzene rings is 1. The normalized spacial score (nSPS) is 17.8. The number of urea groups is 1. The summed E-state index contributed by atoms with van der Waals surface area (Å²) in [6, 6.07) is 5.36. The molecule has 2 rings (SSSR count). The number of carbonyl (C=O) groups excluding carboxylic acids is 2. The smallest absolute Gasteiger partial charge is 0.325 e. The maximum atomic E-state index is 12.5. The molecule has 0 aliphatic carbocycles. The van der Waals surface area contributed by atoms with Gasteiger partial charge in [0.15, 0.2) is 0 Å². The van der Waals surface area contributed by atoms with Crippen LogP contribution in [0.25, 0.3) is 0 Å². The number of aliphatic hydroxyl groups is 1. The van der Waals surface area contributed by atoms with Crippen LogP contribution in [0.1, 0.15) is 37.8 Å². The summed E-state index contributed by atoms with van der Waals surface area (Å²) in [6.07, 6.45) is 0.113. The third-order valence-corrected chi connectivity index (χ3v) is 4.68. The number of nitrogens with one attached hydrogen (secondary N) is 1. The van der Waals surface area contributed by atoms with E-state index in [1.165, 1.54) is 0 Å². The summed E-state index contributed by atoms with van der Waals surface area (Å²) in [6.45, 7) is 7.55. The van der Waals surface area contributed by atoms with E-state index in [4.69, 9.17) is 4.74 Å². The zero-order chi connectivity index (χ0) is 17.9. The second-order valence-electron chi connectivity index (χ2n) is 6.32. The van der Waals surface area contributed by atoms with Gasteiger partial charge in [0, 0.05) is 0 Å². The average Bonchev–Trinajstić information content (AvgIpc) is 2.79. The average molecular weight is 334 g/mol. The molecule has 6 nitrogen and oxygen atoms in total. The monoisotopic (exact) mass is 334 g/mol. The van der Waals surface area contributed by atoms with Crippen LogP contribution in [0.5, 0.6) is 5.75 Å². The van der Waals surface area contributed by atoms with E-state index < -0.39 is 17.7 Å². The Labute approximate surface area is 142 Å². The van der Waals surface area contributed by atoms with Crippen molar-refractivity contribution < 1.29 is 19.4 Å². The van der Waals surface area contributed by atoms with Crippen molar-refractivity contribution in [1.29, 1.82) is 0 Å². The van der Waals surface area contributed by atoms with Gasteiger partial charge in [-0.05, 0) is 37.8 Å². The lowest BCUT2D eigenvalue weighted by Crippen LogP contribution is -2.46. The molecular formula is C18H26N2O4. The van der Waals surface area contributed by atoms with Gasteiger partial charge in [0.2, 0.25) is 0 Å². The second-order valence-corrected chi connectivity index (χ2v) is 6.32. The summed E-state index contributed by atoms with van der Waals surface area (Å²) < 4.78 is 5.70. The maximum absolute atomic E-state index is 12.5. The van der Waals surface area contributed by atoms with Crippen LogP contribution in [-0.2, 0) is 4.79 Å². The van der Waals surface area contributed by atoms with Crippen molar-refractivity contribution in [2.45, 2.75) is 52.2 Å². The standard InChI is InChI=1S/C18H26N2O4/c1-5-18(6-2)16(22)20(17(23)19-18)10-14(21)11-24-15-12(3)8-7-9-13(15)4/h7-9,14,21H,5-6,10-11H2,1-4H3,(H,19,23)/t14-/m1/s1. The summed E-state index contributed by atoms with van der Waals surface area (Å²) in [5, 5.41) is 13.0. The SMILES string of the molecule is CCC1(CC)NC(=O)N(C[C@@H](O)COc2c(C)cccc2C)C1=O. The maximum Gasteiger partial charge on any atom is 0.325 e. The van der Waals surface area contributed by atoms with Gasteiger partial charge in [0.25, 0.3) is 5.91 Å². The van der Waals surface area contributed by atoms with Gasteiger partial charge in [0.05, 0.1) is 6.54 Å². The van der Waals surface area contributed by atoms with Crippen LogP contribution in [0.2, 0.25) is 0 Å². The lowest BCUT2D eigenvalue weighted by molar-refractivity contribution is -0.132. The molecule has 0 aromatic heterocycles. The first-order chi connectivity index (χ1) is 11.3. The number of β-amino-alcohol motifs (C(OH)–C–C–N with tert-alkyl or cyclic N) is 1. The molecule has 1 aliphatic heterocycles. The summed E-state index contributed by atoms with van der Waals surface area (Å²) in [5.74, 6) is 0.453. The fraction of sp³-hybridized carbons (Fsp3) is 0.556. The van der Waals surface area contributed by atoms with Crippen molar-refractivity contribution in [1.82, 2.24) is 10.2 Å². The molecule has 0 saturated carbocycles. The van der Waals surface area contributed by atoms with Crippen LogP contribution < -0.4 is 10.1 Å². The van der Waals surface area contributed by atoms with Crippen molar-refractivity contribution >= 4 is 11.9 Å². The number of carbonyl (C=O) groups is 2. The van der Waals surface area contributed by atoms with E-state index in [1.807, 2.05) is 45.9 Å². The molecular weight excluding hydrogens is 308 g/mol. The third-order valence-electron chi connectivity index (χ3n) is 4.68. The highest BCUT2D eigenvalue weighted by Gasteiger charge is 2.48. The molecule has 1 atom stereocenters. The predicted molar refractivity (Wildman–Crippen MR) is 91.0 cm³/mol. The van der Waals surface area contributed by atoms with Gasteiger partial charge >= 0.3 is 6.03 Å². The lowest BCUT2D eigenvalue weighted by atomic mass is 9.93. The number of aryl methyl sites for hydroxylation is 2. The number of para-hydroxylation sites is 1. The Hall–Kier alpha value is -2.08. The molecule has 1 fully saturated rings. The Morgan fingerprint density at radius 3 is 2.29 bits per heavy atom. The summed E-state index contributed by atoms with van der Waals surface area (Å²) in [5.41, 5.74) is 1.12. The molecule has 1 heterocycles. The van der Waals surface area contributed by atoms with Crippen molar-refractivity contribution in [2.75, 3.05) is 13.2 Å². The van der Waals surface area contributed by atoms with Crippen molar-refractivity contribution in [3.8, 4) is 5.75 Å². The predicted octanol–water partition coefficient (Wildman–Crippen LogP) is 2.15. The molecule has 0 unspecified atom stereocenters. The Morgan fingerprint density at radius 2 is 1.79 bits per heavy atom. The van der Waals surface area contributed by atoms with Gasteiger partial charge < -0.3 is 15.2 Å². The zero-order valence-corrected chi connectivity index (χ0v) is 14.8. The third kappa shape index (κ3) is 3.38. The van der Waals surface area contributed by atoms with Crippen LogP contribution in [0, 0.1) is 13.8 Å². The number of ether oxygens (including phenoxy) is 1. The minimum absolute atomic E-state index is 0.0218. The fourth-order valence-corrected chi connectivity index (χ4v) is 3.04. The van der Waals surface area contributed by atoms with Crippen LogP contribution >= 0.6 is 0 Å². The van der Waals surface area contributed by atoms with E-state index >= 15 is 0 Å². The van der Waals surface area contributed by atoms with E-state index in [-0.39, 0.29) is 19.1 Å². The quantitative estimate of drug-likeness (QED) is 0.749. The molecule has 132 valence electrons. The first-order valence-corrected chi connectivity index (χ1v) is 8.35. The van der Waals surface area contributed by atoms with Gasteiger partial charge in [-0.1, -0.05) is 32.0 Å². The zero-order valence-electron chi connectivity index (χ0n) is 14.8. The number of imide groups is 1. The summed E-state index contributed by atoms with van der Waals surface area (Å²) in [7, 11) is 0. The summed E-state index contributed by atoms with van der Waals surface area (Å²) in [4.78, 5) is 25.7. The van der Waals surface area contributed by atoms with E-state index in [2.05, 4.69) is 5.32 Å². The molecule has 0 bridgehead atoms. The van der Waals surface area contributed by atoms with Gasteiger partial charge in [-0.2, -0.15) is 0 Å². The molecule has 1 saturated heterocycles. The number of rotatable bonds is 7. The highest BCUT2D eigenvalue weighted by atomic mass is 16.5. The molecule has 24 heavy (non-hydrogen) atoms. The first kappa shape index (κ1) is 18.3. The van der Waals surface area contributed by atoms with Crippen molar-refractivity contribution in [2.24, 2.45) is 0 Å². The first-order valence-electron chi connectivity index (χ1n) is 8.35. The van der Waals surface area contributed by atoms with Gasteiger partial charge in [-0.15, -0.1) is 0 Å². The molecule has 6 heteroatoms. The van der Waals surface area contributed by atoms with E-state index in [0.29, 0.717) is 12.8 Å². The number of hydrogen-bond acceptors (Lipinski definition) is 4. The highest BCUT2D eigenvalue weighted by Crippen LogP contribution is 2.25. The fourth-order valence-electron chi connectivity index (χ4n) is 3.04. The molecule has 0 radical (unpaired) electrons. The van der Waals surface area contributed by atoms with Crippen LogP contribution in [0.4, 0.5) is 4.79 Å². The Balaban J connectivity index is 1.99. The minimum Gasteiger partial charge on any atom is -0.490 e. The van der Waals surface area contributed by atoms with Gasteiger partial charge in [-0.25, -0.2) is 4.79 Å². The Morgan fingerprint density at radius 1 is 1.21 bits per heavy atom. The second kappa shape index (κ2) is 7.21. The molecule has 0 spiro atoms. The molecule has 3 amide bonds. The van der Waals surface area contributed by atoms with Crippen LogP contribution in [0.3, 0.4) is 0 Å². The van der Waals surface area contributed by atoms with Crippen LogP contribution in [-0.4, -0.2) is 46.7 Å². The van der Waals surface area contributed by atoms with Gasteiger partial charge in [-0.3, -0.25) is 9.69 Å². The number of nitrogens with zero attached hydrogens (tertiary/aromatic N) is 1. The molecule has 1 aliphatic rings. The Bertz CT molecular complexity index is 605. The molecule has 1 aromatic rings. The summed E-state index contributed by atoms with van der Waals surface area (Å²) >= 11 is 0. The lowest BCUT2D eigenvalue weighted by Gasteiger charge is -2.24. The van der Waals surface area contributed by atoms with E-state index in [1.54, 1.807) is 0 Å². The largest absolute Gasteiger partial charge is 0.490 e. The number of hydrogen-bond donors (Lipinski definition) is 2. The van der Waals surface area contributed by atoms with Gasteiger partial charge in [0.1, 0.15) is 24.0 Å². The van der Waals surface area contributed by atoms with Crippen LogP contribution in [0.15, 0.2) is 18.2 Å². The molecule has 1 aromatic carbocycles. The minimum atomic E-state index is -0.941. The van der Waals surface area contributed by atoms with E-state index in [0.717, 1.165) is 21.8 Å². The topological polar surface area (TPSA) is 78.9 Å². The highest BCUT2D eigenvalue weighted by molar-refractivity contribution is 6.07. The van der Waals surface area contributed by atoms with E-state index in [9.17, 15) is 14.7 Å². The Kier molecular flexibility index (Phi) is 5.49. The van der Waals surface area contributed by atoms with Crippen molar-refractivity contribution in [3.05, 3.63) is 29.3 Å². The number of amides is 3. The van der Waals surface area contributed by atoms with Crippen molar-refractivity contribution in [3.63, 3.8) is 0 Å². The number of aliphatic hydroxyl groups excluding tert-OH is 1. The molecule has 2 N–H and O–H groups in total.